The topological polar surface area (TPSA) is 16.1 Å². The van der Waals surface area contributed by atoms with Crippen molar-refractivity contribution in [2.45, 2.75) is 0 Å². The van der Waals surface area contributed by atoms with Gasteiger partial charge < -0.3 is 4.90 Å². The number of benzene rings is 3. The molecule has 0 saturated carbocycles. The van der Waals surface area contributed by atoms with Gasteiger partial charge in [0.2, 0.25) is 0 Å². The van der Waals surface area contributed by atoms with Crippen LogP contribution in [0.2, 0.25) is 0 Å². The third-order valence-electron chi connectivity index (χ3n) is 4.31. The molecule has 0 fully saturated rings. The lowest BCUT2D eigenvalue weighted by Crippen LogP contribution is -2.08. The van der Waals surface area contributed by atoms with E-state index in [4.69, 9.17) is 0 Å². The smallest absolute Gasteiger partial charge is 0.0780 e. The van der Waals surface area contributed by atoms with E-state index in [1.165, 1.54) is 27.2 Å². The molecule has 4 rings (SSSR count). The van der Waals surface area contributed by atoms with E-state index >= 15 is 0 Å². The molecule has 0 unspecified atom stereocenters. The molecule has 0 aliphatic heterocycles. The maximum absolute atomic E-state index is 4.63. The number of hydrogen-bond donors (Lipinski definition) is 0. The zero-order valence-electron chi connectivity index (χ0n) is 13.3. The Bertz CT molecular complexity index is 988. The van der Waals surface area contributed by atoms with E-state index in [2.05, 4.69) is 84.6 Å². The third kappa shape index (κ3) is 2.33. The van der Waals surface area contributed by atoms with Crippen molar-refractivity contribution in [3.8, 4) is 11.3 Å². The predicted molar refractivity (Wildman–Crippen MR) is 99.0 cm³/mol. The normalized spacial score (nSPS) is 11.0. The minimum atomic E-state index is 1.04. The van der Waals surface area contributed by atoms with E-state index < -0.39 is 0 Å². The van der Waals surface area contributed by atoms with Gasteiger partial charge >= 0.3 is 0 Å². The van der Waals surface area contributed by atoms with E-state index in [0.29, 0.717) is 0 Å². The van der Waals surface area contributed by atoms with Gasteiger partial charge in [0.05, 0.1) is 5.69 Å². The lowest BCUT2D eigenvalue weighted by molar-refractivity contribution is 1.14. The largest absolute Gasteiger partial charge is 0.378 e. The molecular weight excluding hydrogens is 280 g/mol. The van der Waals surface area contributed by atoms with Crippen LogP contribution in [0.5, 0.6) is 0 Å². The van der Waals surface area contributed by atoms with Crippen LogP contribution < -0.4 is 4.90 Å². The maximum Gasteiger partial charge on any atom is 0.0780 e. The minimum absolute atomic E-state index is 1.04. The van der Waals surface area contributed by atoms with Crippen LogP contribution in [0.4, 0.5) is 5.69 Å². The average Bonchev–Trinajstić information content (AvgIpc) is 2.61. The molecule has 0 spiro atoms. The molecule has 112 valence electrons. The molecule has 0 bridgehead atoms. The van der Waals surface area contributed by atoms with Crippen LogP contribution in [0.15, 0.2) is 72.9 Å². The van der Waals surface area contributed by atoms with Gasteiger partial charge in [-0.1, -0.05) is 48.5 Å². The molecule has 4 aromatic rings. The van der Waals surface area contributed by atoms with E-state index in [-0.39, 0.29) is 0 Å². The number of nitrogens with zero attached hydrogens (tertiary/aromatic N) is 2. The summed E-state index contributed by atoms with van der Waals surface area (Å²) in [7, 11) is 4.15. The van der Waals surface area contributed by atoms with Crippen LogP contribution >= 0.6 is 0 Å². The predicted octanol–water partition coefficient (Wildman–Crippen LogP) is 5.12. The first-order valence-corrected chi connectivity index (χ1v) is 7.78. The first kappa shape index (κ1) is 13.8. The van der Waals surface area contributed by atoms with Crippen molar-refractivity contribution in [1.82, 2.24) is 4.98 Å². The first-order chi connectivity index (χ1) is 11.2. The van der Waals surface area contributed by atoms with Gasteiger partial charge in [-0.05, 0) is 34.4 Å². The third-order valence-corrected chi connectivity index (χ3v) is 4.31. The van der Waals surface area contributed by atoms with Gasteiger partial charge in [-0.15, -0.1) is 0 Å². The van der Waals surface area contributed by atoms with Gasteiger partial charge in [0.1, 0.15) is 0 Å². The molecule has 0 amide bonds. The van der Waals surface area contributed by atoms with Gasteiger partial charge in [0.25, 0.3) is 0 Å². The summed E-state index contributed by atoms with van der Waals surface area (Å²) >= 11 is 0. The van der Waals surface area contributed by atoms with Crippen LogP contribution in [0.25, 0.3) is 32.8 Å². The molecule has 0 saturated heterocycles. The molecule has 1 aromatic heterocycles. The second-order valence-corrected chi connectivity index (χ2v) is 5.99. The maximum atomic E-state index is 4.63. The van der Waals surface area contributed by atoms with E-state index in [1.54, 1.807) is 0 Å². The summed E-state index contributed by atoms with van der Waals surface area (Å²) < 4.78 is 0. The van der Waals surface area contributed by atoms with Gasteiger partial charge in [-0.2, -0.15) is 0 Å². The fourth-order valence-corrected chi connectivity index (χ4v) is 3.08. The summed E-state index contributed by atoms with van der Waals surface area (Å²) in [5.41, 5.74) is 3.41. The van der Waals surface area contributed by atoms with Crippen LogP contribution in [0, 0.1) is 0 Å². The second-order valence-electron chi connectivity index (χ2n) is 5.99. The van der Waals surface area contributed by atoms with Crippen LogP contribution in [-0.4, -0.2) is 19.1 Å². The van der Waals surface area contributed by atoms with Crippen LogP contribution in [0.3, 0.4) is 0 Å². The van der Waals surface area contributed by atoms with E-state index in [9.17, 15) is 0 Å². The summed E-state index contributed by atoms with van der Waals surface area (Å²) in [6.45, 7) is 0. The Balaban J connectivity index is 2.05. The summed E-state index contributed by atoms with van der Waals surface area (Å²) in [6, 6.07) is 23.5. The minimum Gasteiger partial charge on any atom is -0.378 e. The molecule has 1 heterocycles. The summed E-state index contributed by atoms with van der Waals surface area (Å²) in [6.07, 6.45) is 1.91. The molecular formula is C21H18N2. The Morgan fingerprint density at radius 2 is 1.52 bits per heavy atom. The monoisotopic (exact) mass is 298 g/mol. The van der Waals surface area contributed by atoms with Gasteiger partial charge in [-0.25, -0.2) is 0 Å². The highest BCUT2D eigenvalue weighted by Crippen LogP contribution is 2.33. The van der Waals surface area contributed by atoms with Gasteiger partial charge in [0.15, 0.2) is 0 Å². The molecule has 0 radical (unpaired) electrons. The van der Waals surface area contributed by atoms with Crippen LogP contribution in [-0.2, 0) is 0 Å². The van der Waals surface area contributed by atoms with E-state index in [1.807, 2.05) is 12.3 Å². The van der Waals surface area contributed by atoms with Crippen molar-refractivity contribution >= 4 is 27.2 Å². The number of fused-ring (bicyclic) bond motifs is 3. The number of anilines is 1. The Kier molecular flexibility index (Phi) is 3.23. The summed E-state index contributed by atoms with van der Waals surface area (Å²) in [4.78, 5) is 6.77. The number of hydrogen-bond acceptors (Lipinski definition) is 2. The zero-order valence-corrected chi connectivity index (χ0v) is 13.3. The summed E-state index contributed by atoms with van der Waals surface area (Å²) in [5, 5.41) is 4.98. The molecule has 3 aromatic carbocycles. The molecule has 0 atom stereocenters. The highest BCUT2D eigenvalue weighted by Gasteiger charge is 2.08. The number of pyridine rings is 1. The van der Waals surface area contributed by atoms with Crippen molar-refractivity contribution in [3.63, 3.8) is 0 Å². The molecule has 0 N–H and O–H groups in total. The van der Waals surface area contributed by atoms with E-state index in [0.717, 1.165) is 11.3 Å². The molecule has 0 aliphatic carbocycles. The van der Waals surface area contributed by atoms with Gasteiger partial charge in [0, 0.05) is 36.9 Å². The number of rotatable bonds is 2. The highest BCUT2D eigenvalue weighted by molar-refractivity contribution is 6.11. The Labute approximate surface area is 136 Å². The average molecular weight is 298 g/mol. The fourth-order valence-electron chi connectivity index (χ4n) is 3.08. The van der Waals surface area contributed by atoms with Crippen molar-refractivity contribution < 1.29 is 0 Å². The lowest BCUT2D eigenvalue weighted by atomic mass is 9.98. The first-order valence-electron chi connectivity index (χ1n) is 7.78. The SMILES string of the molecule is CN(C)c1ccc2ccc3c(-c4ccccc4)nccc3c2c1. The molecule has 2 nitrogen and oxygen atoms in total. The van der Waals surface area contributed by atoms with Crippen LogP contribution in [0.1, 0.15) is 0 Å². The Morgan fingerprint density at radius 1 is 0.739 bits per heavy atom. The van der Waals surface area contributed by atoms with Crippen molar-refractivity contribution in [2.24, 2.45) is 0 Å². The lowest BCUT2D eigenvalue weighted by Gasteiger charge is -2.14. The summed E-state index contributed by atoms with van der Waals surface area (Å²) in [5.74, 6) is 0. The number of aromatic nitrogens is 1. The molecule has 2 heteroatoms. The quantitative estimate of drug-likeness (QED) is 0.477. The molecule has 23 heavy (non-hydrogen) atoms. The zero-order chi connectivity index (χ0) is 15.8. The standard InChI is InChI=1S/C21H18N2/c1-23(2)17-10-8-15-9-11-19-18(20(15)14-17)12-13-22-21(19)16-6-4-3-5-7-16/h3-14H,1-2H3. The molecule has 0 aliphatic rings. The van der Waals surface area contributed by atoms with Crippen molar-refractivity contribution in [1.29, 1.82) is 0 Å². The van der Waals surface area contributed by atoms with Gasteiger partial charge in [-0.3, -0.25) is 4.98 Å². The second kappa shape index (κ2) is 5.40. The van der Waals surface area contributed by atoms with Crippen molar-refractivity contribution in [2.75, 3.05) is 19.0 Å². The van der Waals surface area contributed by atoms with Crippen molar-refractivity contribution in [3.05, 3.63) is 72.9 Å². The highest BCUT2D eigenvalue weighted by atomic mass is 15.1. The fraction of sp³-hybridized carbons (Fsp3) is 0.0952. The Morgan fingerprint density at radius 3 is 2.30 bits per heavy atom. The Hall–Kier alpha value is -2.87.